The van der Waals surface area contributed by atoms with E-state index in [0.717, 1.165) is 18.5 Å². The van der Waals surface area contributed by atoms with Gasteiger partial charge in [-0.05, 0) is 37.8 Å². The monoisotopic (exact) mass is 397 g/mol. The van der Waals surface area contributed by atoms with E-state index in [-0.39, 0.29) is 23.9 Å². The molecule has 0 radical (unpaired) electrons. The number of carbonyl (C=O) groups excluding carboxylic acids is 1. The highest BCUT2D eigenvalue weighted by atomic mass is 16.5. The van der Waals surface area contributed by atoms with E-state index in [1.54, 1.807) is 14.0 Å². The molecule has 3 aromatic heterocycles. The van der Waals surface area contributed by atoms with Crippen LogP contribution in [0, 0.1) is 6.92 Å². The molecule has 8 heteroatoms. The van der Waals surface area contributed by atoms with E-state index in [1.807, 2.05) is 19.9 Å². The van der Waals surface area contributed by atoms with E-state index in [2.05, 4.69) is 10.1 Å². The van der Waals surface area contributed by atoms with Crippen molar-refractivity contribution in [2.45, 2.75) is 52.0 Å². The number of fused-ring (bicyclic) bond motifs is 1. The lowest BCUT2D eigenvalue weighted by atomic mass is 10.0. The summed E-state index contributed by atoms with van der Waals surface area (Å²) in [6, 6.07) is 3.30. The third-order valence-electron chi connectivity index (χ3n) is 5.20. The molecule has 0 aliphatic heterocycles. The molecular weight excluding hydrogens is 374 g/mol. The zero-order valence-corrected chi connectivity index (χ0v) is 16.9. The molecule has 0 unspecified atom stereocenters. The number of carboxylic acids is 1. The molecule has 3 heterocycles. The predicted octanol–water partition coefficient (Wildman–Crippen LogP) is 4.10. The number of carboxylic acid groups (broad SMARTS) is 1. The second-order valence-corrected chi connectivity index (χ2v) is 7.92. The molecule has 3 aromatic rings. The van der Waals surface area contributed by atoms with Crippen LogP contribution in [0.3, 0.4) is 0 Å². The fourth-order valence-electron chi connectivity index (χ4n) is 3.49. The summed E-state index contributed by atoms with van der Waals surface area (Å²) in [6.07, 6.45) is 2.10. The number of hydrogen-bond acceptors (Lipinski definition) is 6. The van der Waals surface area contributed by atoms with Gasteiger partial charge in [0.2, 0.25) is 0 Å². The van der Waals surface area contributed by atoms with Crippen LogP contribution in [0.1, 0.15) is 82.1 Å². The summed E-state index contributed by atoms with van der Waals surface area (Å²) in [6.45, 7) is 5.72. The van der Waals surface area contributed by atoms with Crippen molar-refractivity contribution in [2.75, 3.05) is 7.05 Å². The van der Waals surface area contributed by atoms with Crippen molar-refractivity contribution in [1.82, 2.24) is 15.0 Å². The number of nitrogens with zero attached hydrogens (tertiary/aromatic N) is 3. The molecule has 1 N–H and O–H groups in total. The molecule has 0 aromatic carbocycles. The van der Waals surface area contributed by atoms with Crippen LogP contribution in [-0.4, -0.2) is 39.1 Å². The minimum absolute atomic E-state index is 0.0764. The van der Waals surface area contributed by atoms with Crippen LogP contribution in [0.15, 0.2) is 21.1 Å². The van der Waals surface area contributed by atoms with Crippen LogP contribution in [0.25, 0.3) is 11.1 Å². The first-order chi connectivity index (χ1) is 13.8. The smallest absolute Gasteiger partial charge is 0.339 e. The second kappa shape index (κ2) is 7.02. The van der Waals surface area contributed by atoms with Crippen molar-refractivity contribution in [1.29, 1.82) is 0 Å². The quantitative estimate of drug-likeness (QED) is 0.667. The molecule has 1 saturated carbocycles. The van der Waals surface area contributed by atoms with Crippen LogP contribution < -0.4 is 0 Å². The van der Waals surface area contributed by atoms with Crippen molar-refractivity contribution in [2.24, 2.45) is 0 Å². The third-order valence-corrected chi connectivity index (χ3v) is 5.20. The highest BCUT2D eigenvalue weighted by molar-refractivity contribution is 6.06. The Morgan fingerprint density at radius 3 is 2.59 bits per heavy atom. The maximum absolute atomic E-state index is 13.3. The fraction of sp³-hybridized carbons (Fsp3) is 0.429. The minimum atomic E-state index is -1.05. The van der Waals surface area contributed by atoms with Crippen molar-refractivity contribution >= 4 is 23.0 Å². The number of furan rings is 1. The van der Waals surface area contributed by atoms with E-state index in [0.29, 0.717) is 39.8 Å². The summed E-state index contributed by atoms with van der Waals surface area (Å²) in [5, 5.41) is 14.0. The molecule has 8 nitrogen and oxygen atoms in total. The number of aryl methyl sites for hydroxylation is 1. The Labute approximate surface area is 167 Å². The highest BCUT2D eigenvalue weighted by Crippen LogP contribution is 2.41. The number of amides is 1. The van der Waals surface area contributed by atoms with Gasteiger partial charge in [0.05, 0.1) is 23.2 Å². The van der Waals surface area contributed by atoms with Gasteiger partial charge in [0, 0.05) is 18.7 Å². The zero-order valence-electron chi connectivity index (χ0n) is 16.9. The number of aromatic carboxylic acids is 1. The van der Waals surface area contributed by atoms with Gasteiger partial charge in [0.15, 0.2) is 0 Å². The van der Waals surface area contributed by atoms with Gasteiger partial charge in [-0.3, -0.25) is 4.79 Å². The fourth-order valence-corrected chi connectivity index (χ4v) is 3.49. The lowest BCUT2D eigenvalue weighted by molar-refractivity contribution is 0.0694. The summed E-state index contributed by atoms with van der Waals surface area (Å²) in [7, 11) is 1.66. The van der Waals surface area contributed by atoms with Gasteiger partial charge < -0.3 is 18.9 Å². The Morgan fingerprint density at radius 2 is 2.00 bits per heavy atom. The zero-order chi connectivity index (χ0) is 20.9. The van der Waals surface area contributed by atoms with E-state index < -0.39 is 5.97 Å². The standard InChI is InChI=1S/C21H23N3O5/c1-10(2)18-17-15(8-16(12-5-6-12)22-19(17)29-23-18)20(25)24(4)9-13-7-14(21(26)27)11(3)28-13/h7-8,10,12H,5-6,9H2,1-4H3,(H,26,27). The molecule has 1 aliphatic rings. The number of carbonyl (C=O) groups is 2. The average molecular weight is 397 g/mol. The number of aromatic nitrogens is 2. The Kier molecular flexibility index (Phi) is 4.64. The lowest BCUT2D eigenvalue weighted by Gasteiger charge is -2.17. The van der Waals surface area contributed by atoms with Gasteiger partial charge in [-0.2, -0.15) is 0 Å². The van der Waals surface area contributed by atoms with Crippen LogP contribution in [0.5, 0.6) is 0 Å². The molecule has 0 saturated heterocycles. The molecule has 29 heavy (non-hydrogen) atoms. The summed E-state index contributed by atoms with van der Waals surface area (Å²) in [4.78, 5) is 30.6. The normalized spacial score (nSPS) is 14.0. The van der Waals surface area contributed by atoms with Gasteiger partial charge in [0.25, 0.3) is 11.6 Å². The Bertz CT molecular complexity index is 1110. The molecule has 0 spiro atoms. The molecule has 0 bridgehead atoms. The van der Waals surface area contributed by atoms with Crippen LogP contribution in [-0.2, 0) is 6.54 Å². The minimum Gasteiger partial charge on any atom is -0.478 e. The molecule has 1 fully saturated rings. The Hall–Kier alpha value is -3.16. The number of rotatable bonds is 6. The van der Waals surface area contributed by atoms with E-state index in [9.17, 15) is 14.7 Å². The lowest BCUT2D eigenvalue weighted by Crippen LogP contribution is -2.26. The van der Waals surface area contributed by atoms with Crippen molar-refractivity contribution in [3.63, 3.8) is 0 Å². The third kappa shape index (κ3) is 3.50. The predicted molar refractivity (Wildman–Crippen MR) is 104 cm³/mol. The van der Waals surface area contributed by atoms with Crippen molar-refractivity contribution in [3.05, 3.63) is 46.2 Å². The molecule has 152 valence electrons. The summed E-state index contributed by atoms with van der Waals surface area (Å²) < 4.78 is 11.0. The summed E-state index contributed by atoms with van der Waals surface area (Å²) >= 11 is 0. The van der Waals surface area contributed by atoms with Gasteiger partial charge in [0.1, 0.15) is 17.1 Å². The Morgan fingerprint density at radius 1 is 1.28 bits per heavy atom. The molecule has 0 atom stereocenters. The highest BCUT2D eigenvalue weighted by Gasteiger charge is 2.30. The number of hydrogen-bond donors (Lipinski definition) is 1. The van der Waals surface area contributed by atoms with E-state index in [4.69, 9.17) is 8.94 Å². The van der Waals surface area contributed by atoms with E-state index >= 15 is 0 Å². The Balaban J connectivity index is 1.70. The maximum atomic E-state index is 13.3. The van der Waals surface area contributed by atoms with Gasteiger partial charge in [-0.25, -0.2) is 9.78 Å². The van der Waals surface area contributed by atoms with Crippen LogP contribution in [0.2, 0.25) is 0 Å². The topological polar surface area (TPSA) is 110 Å². The van der Waals surface area contributed by atoms with Gasteiger partial charge >= 0.3 is 5.97 Å². The molecule has 1 amide bonds. The van der Waals surface area contributed by atoms with Crippen LogP contribution in [0.4, 0.5) is 0 Å². The largest absolute Gasteiger partial charge is 0.478 e. The molecule has 1 aliphatic carbocycles. The SMILES string of the molecule is Cc1oc(CN(C)C(=O)c2cc(C3CC3)nc3onc(C(C)C)c23)cc1C(=O)O. The number of pyridine rings is 1. The first kappa shape index (κ1) is 19.2. The van der Waals surface area contributed by atoms with Gasteiger partial charge in [-0.15, -0.1) is 0 Å². The first-order valence-electron chi connectivity index (χ1n) is 9.64. The van der Waals surface area contributed by atoms with Gasteiger partial charge in [-0.1, -0.05) is 19.0 Å². The van der Waals surface area contributed by atoms with E-state index in [1.165, 1.54) is 11.0 Å². The van der Waals surface area contributed by atoms with Crippen molar-refractivity contribution in [3.8, 4) is 0 Å². The maximum Gasteiger partial charge on any atom is 0.339 e. The second-order valence-electron chi connectivity index (χ2n) is 7.92. The first-order valence-corrected chi connectivity index (χ1v) is 9.64. The molecule has 4 rings (SSSR count). The van der Waals surface area contributed by atoms with Crippen molar-refractivity contribution < 1.29 is 23.6 Å². The summed E-state index contributed by atoms with van der Waals surface area (Å²) in [5.41, 5.74) is 2.54. The van der Waals surface area contributed by atoms with Crippen LogP contribution >= 0.6 is 0 Å². The molecular formula is C21H23N3O5. The average Bonchev–Trinajstić information content (AvgIpc) is 3.32. The summed E-state index contributed by atoms with van der Waals surface area (Å²) in [5.74, 6) is -0.102.